The maximum absolute atomic E-state index is 12.3. The first kappa shape index (κ1) is 18.8. The number of thiazole rings is 1. The van der Waals surface area contributed by atoms with Gasteiger partial charge in [-0.25, -0.2) is 8.42 Å². The second-order valence-corrected chi connectivity index (χ2v) is 9.45. The highest BCUT2D eigenvalue weighted by Gasteiger charge is 2.16. The number of hydrogen-bond donors (Lipinski definition) is 0. The van der Waals surface area contributed by atoms with Crippen LogP contribution in [-0.4, -0.2) is 24.6 Å². The molecule has 0 radical (unpaired) electrons. The third kappa shape index (κ3) is 3.90. The second kappa shape index (κ2) is 7.34. The fourth-order valence-electron chi connectivity index (χ4n) is 2.65. The lowest BCUT2D eigenvalue weighted by Crippen LogP contribution is -2.16. The highest BCUT2D eigenvalue weighted by Crippen LogP contribution is 2.20. The molecular formula is C18H17ClN2O3S2. The average Bonchev–Trinajstić information content (AvgIpc) is 2.91. The molecule has 0 saturated carbocycles. The quantitative estimate of drug-likeness (QED) is 0.663. The lowest BCUT2D eigenvalue weighted by molar-refractivity contribution is -0.117. The summed E-state index contributed by atoms with van der Waals surface area (Å²) in [5.41, 5.74) is 2.12. The molecule has 3 aromatic rings. The van der Waals surface area contributed by atoms with Gasteiger partial charge >= 0.3 is 0 Å². The number of carbonyl (C=O) groups excluding carboxylic acids is 1. The first-order chi connectivity index (χ1) is 12.3. The lowest BCUT2D eigenvalue weighted by Gasteiger charge is -2.03. The number of aromatic nitrogens is 1. The maximum atomic E-state index is 12.3. The number of fused-ring (bicyclic) bond motifs is 1. The van der Waals surface area contributed by atoms with Gasteiger partial charge in [-0.1, -0.05) is 35.1 Å². The summed E-state index contributed by atoms with van der Waals surface area (Å²) in [5, 5.41) is 0.461. The molecule has 0 N–H and O–H groups in total. The molecule has 0 aliphatic heterocycles. The Morgan fingerprint density at radius 2 is 1.88 bits per heavy atom. The van der Waals surface area contributed by atoms with Crippen LogP contribution in [0.1, 0.15) is 12.0 Å². The molecule has 26 heavy (non-hydrogen) atoms. The number of rotatable bonds is 4. The minimum atomic E-state index is -3.55. The van der Waals surface area contributed by atoms with Crippen molar-refractivity contribution in [2.45, 2.75) is 18.2 Å². The Morgan fingerprint density at radius 3 is 2.54 bits per heavy atom. The minimum absolute atomic E-state index is 0.151. The van der Waals surface area contributed by atoms with Gasteiger partial charge in [0.05, 0.1) is 20.9 Å². The monoisotopic (exact) mass is 408 g/mol. The lowest BCUT2D eigenvalue weighted by atomic mass is 10.2. The first-order valence-corrected chi connectivity index (χ1v) is 10.7. The normalized spacial score (nSPS) is 12.7. The predicted octanol–water partition coefficient (Wildman–Crippen LogP) is 3.49. The third-order valence-electron chi connectivity index (χ3n) is 4.00. The Kier molecular flexibility index (Phi) is 5.32. The molecule has 0 spiro atoms. The Morgan fingerprint density at radius 1 is 1.19 bits per heavy atom. The van der Waals surface area contributed by atoms with Gasteiger partial charge in [-0.3, -0.25) is 4.79 Å². The van der Waals surface area contributed by atoms with E-state index in [9.17, 15) is 13.2 Å². The highest BCUT2D eigenvalue weighted by atomic mass is 35.5. The van der Waals surface area contributed by atoms with E-state index in [1.54, 1.807) is 0 Å². The van der Waals surface area contributed by atoms with Crippen LogP contribution < -0.4 is 4.80 Å². The largest absolute Gasteiger partial charge is 0.319 e. The molecule has 1 aromatic heterocycles. The molecule has 0 aliphatic rings. The summed E-state index contributed by atoms with van der Waals surface area (Å²) in [6, 6.07) is 11.8. The molecule has 5 nitrogen and oxygen atoms in total. The van der Waals surface area contributed by atoms with Gasteiger partial charge in [0.25, 0.3) is 0 Å². The third-order valence-corrected chi connectivity index (χ3v) is 7.08. The zero-order valence-corrected chi connectivity index (χ0v) is 16.7. The highest BCUT2D eigenvalue weighted by molar-refractivity contribution is 7.91. The smallest absolute Gasteiger partial charge is 0.249 e. The molecular weight excluding hydrogens is 392 g/mol. The maximum Gasteiger partial charge on any atom is 0.249 e. The van der Waals surface area contributed by atoms with Crippen molar-refractivity contribution in [3.8, 4) is 0 Å². The fourth-order valence-corrected chi connectivity index (χ4v) is 5.12. The van der Waals surface area contributed by atoms with E-state index in [0.717, 1.165) is 15.8 Å². The van der Waals surface area contributed by atoms with Gasteiger partial charge in [0.15, 0.2) is 14.6 Å². The molecule has 2 aromatic carbocycles. The van der Waals surface area contributed by atoms with Crippen molar-refractivity contribution in [3.05, 3.63) is 57.9 Å². The Hall–Kier alpha value is -1.96. The first-order valence-electron chi connectivity index (χ1n) is 7.89. The van der Waals surface area contributed by atoms with E-state index in [1.165, 1.54) is 35.6 Å². The van der Waals surface area contributed by atoms with Crippen molar-refractivity contribution in [1.82, 2.24) is 4.57 Å². The molecule has 1 amide bonds. The summed E-state index contributed by atoms with van der Waals surface area (Å²) in [7, 11) is -1.70. The zero-order chi connectivity index (χ0) is 18.9. The standard InChI is InChI=1S/C18H17ClN2O3S2/c1-12-4-3-5-15-17(12)21(2)18(25-15)20-16(22)10-11-26(23,24)14-8-6-13(19)7-9-14/h3-9H,10-11H2,1-2H3. The SMILES string of the molecule is Cc1cccc2sc(=NC(=O)CCS(=O)(=O)c3ccc(Cl)cc3)n(C)c12. The number of aryl methyl sites for hydroxylation is 2. The summed E-state index contributed by atoms with van der Waals surface area (Å²) in [4.78, 5) is 17.0. The van der Waals surface area contributed by atoms with Crippen LogP contribution in [0.4, 0.5) is 0 Å². The van der Waals surface area contributed by atoms with Crippen molar-refractivity contribution in [3.63, 3.8) is 0 Å². The number of hydrogen-bond acceptors (Lipinski definition) is 4. The Bertz CT molecular complexity index is 1140. The molecule has 0 bridgehead atoms. The van der Waals surface area contributed by atoms with E-state index < -0.39 is 15.7 Å². The topological polar surface area (TPSA) is 68.5 Å². The van der Waals surface area contributed by atoms with E-state index >= 15 is 0 Å². The number of benzene rings is 2. The Balaban J connectivity index is 1.81. The van der Waals surface area contributed by atoms with Crippen molar-refractivity contribution in [2.24, 2.45) is 12.0 Å². The molecule has 0 saturated heterocycles. The van der Waals surface area contributed by atoms with E-state index in [0.29, 0.717) is 9.82 Å². The van der Waals surface area contributed by atoms with Gasteiger partial charge in [0.1, 0.15) is 0 Å². The number of sulfone groups is 1. The molecule has 0 aliphatic carbocycles. The molecule has 3 rings (SSSR count). The van der Waals surface area contributed by atoms with Crippen LogP contribution in [0.3, 0.4) is 0 Å². The van der Waals surface area contributed by atoms with Gasteiger partial charge in [-0.05, 0) is 42.8 Å². The number of carbonyl (C=O) groups is 1. The zero-order valence-electron chi connectivity index (χ0n) is 14.3. The predicted molar refractivity (Wildman–Crippen MR) is 104 cm³/mol. The molecule has 0 atom stereocenters. The van der Waals surface area contributed by atoms with Gasteiger partial charge in [0.2, 0.25) is 5.91 Å². The van der Waals surface area contributed by atoms with Crippen LogP contribution in [0.2, 0.25) is 5.02 Å². The molecule has 0 fully saturated rings. The number of amides is 1. The molecule has 0 unspecified atom stereocenters. The van der Waals surface area contributed by atoms with Crippen molar-refractivity contribution in [1.29, 1.82) is 0 Å². The summed E-state index contributed by atoms with van der Waals surface area (Å²) < 4.78 is 27.5. The number of nitrogens with zero attached hydrogens (tertiary/aromatic N) is 2. The average molecular weight is 409 g/mol. The summed E-state index contributed by atoms with van der Waals surface area (Å²) in [6.45, 7) is 2.00. The fraction of sp³-hybridized carbons (Fsp3) is 0.222. The minimum Gasteiger partial charge on any atom is -0.319 e. The van der Waals surface area contributed by atoms with Crippen LogP contribution in [0.15, 0.2) is 52.4 Å². The van der Waals surface area contributed by atoms with E-state index in [1.807, 2.05) is 36.7 Å². The van der Waals surface area contributed by atoms with Crippen LogP contribution in [0.5, 0.6) is 0 Å². The van der Waals surface area contributed by atoms with E-state index in [2.05, 4.69) is 4.99 Å². The molecule has 136 valence electrons. The van der Waals surface area contributed by atoms with E-state index in [4.69, 9.17) is 11.6 Å². The van der Waals surface area contributed by atoms with Crippen LogP contribution in [0, 0.1) is 6.92 Å². The van der Waals surface area contributed by atoms with Crippen LogP contribution in [-0.2, 0) is 21.7 Å². The number of para-hydroxylation sites is 1. The van der Waals surface area contributed by atoms with Crippen molar-refractivity contribution >= 4 is 48.9 Å². The summed E-state index contributed by atoms with van der Waals surface area (Å²) >= 11 is 7.18. The van der Waals surface area contributed by atoms with Gasteiger partial charge in [0, 0.05) is 18.5 Å². The number of halogens is 1. The van der Waals surface area contributed by atoms with Gasteiger partial charge in [-0.15, -0.1) is 0 Å². The van der Waals surface area contributed by atoms with Crippen molar-refractivity contribution in [2.75, 3.05) is 5.75 Å². The van der Waals surface area contributed by atoms with Crippen LogP contribution >= 0.6 is 22.9 Å². The second-order valence-electron chi connectivity index (χ2n) is 5.89. The van der Waals surface area contributed by atoms with Crippen molar-refractivity contribution < 1.29 is 13.2 Å². The van der Waals surface area contributed by atoms with E-state index in [-0.39, 0.29) is 17.1 Å². The summed E-state index contributed by atoms with van der Waals surface area (Å²) in [6.07, 6.45) is -0.168. The van der Waals surface area contributed by atoms with Crippen LogP contribution in [0.25, 0.3) is 10.2 Å². The van der Waals surface area contributed by atoms with Gasteiger partial charge < -0.3 is 4.57 Å². The summed E-state index contributed by atoms with van der Waals surface area (Å²) in [5.74, 6) is -0.743. The molecule has 1 heterocycles. The molecule has 8 heteroatoms. The van der Waals surface area contributed by atoms with Gasteiger partial charge in [-0.2, -0.15) is 4.99 Å². The Labute approximate surface area is 160 Å².